The van der Waals surface area contributed by atoms with Crippen molar-refractivity contribution in [3.63, 3.8) is 0 Å². The van der Waals surface area contributed by atoms with Crippen molar-refractivity contribution in [3.8, 4) is 11.5 Å². The predicted molar refractivity (Wildman–Crippen MR) is 154 cm³/mol. The van der Waals surface area contributed by atoms with E-state index < -0.39 is 0 Å². The van der Waals surface area contributed by atoms with Gasteiger partial charge in [-0.2, -0.15) is 9.78 Å². The van der Waals surface area contributed by atoms with E-state index in [-0.39, 0.29) is 18.1 Å². The monoisotopic (exact) mass is 601 g/mol. The number of benzene rings is 3. The SMILES string of the molecule is CCOc1cc(C=Nn2c([C@@H](C)CC)nc3ccc(Br)cc3c2=O)ccc1OCc1ccc(Cl)cc1Cl. The third kappa shape index (κ3) is 6.35. The molecule has 0 saturated heterocycles. The summed E-state index contributed by atoms with van der Waals surface area (Å²) < 4.78 is 14.0. The molecule has 0 aliphatic carbocycles. The number of nitrogens with zero attached hydrogens (tertiary/aromatic N) is 3. The fraction of sp³-hybridized carbons (Fsp3) is 0.250. The van der Waals surface area contributed by atoms with Crippen LogP contribution in [0, 0.1) is 0 Å². The van der Waals surface area contributed by atoms with Crippen LogP contribution >= 0.6 is 39.1 Å². The van der Waals surface area contributed by atoms with Crippen LogP contribution in [0.1, 0.15) is 50.1 Å². The Morgan fingerprint density at radius 2 is 1.86 bits per heavy atom. The Hall–Kier alpha value is -2.87. The molecule has 0 N–H and O–H groups in total. The van der Waals surface area contributed by atoms with Crippen LogP contribution in [0.5, 0.6) is 11.5 Å². The zero-order chi connectivity index (χ0) is 26.5. The molecule has 0 spiro atoms. The maximum Gasteiger partial charge on any atom is 0.282 e. The molecule has 192 valence electrons. The highest BCUT2D eigenvalue weighted by Crippen LogP contribution is 2.30. The van der Waals surface area contributed by atoms with Gasteiger partial charge >= 0.3 is 0 Å². The van der Waals surface area contributed by atoms with Crippen molar-refractivity contribution in [2.75, 3.05) is 6.61 Å². The summed E-state index contributed by atoms with van der Waals surface area (Å²) in [7, 11) is 0. The lowest BCUT2D eigenvalue weighted by atomic mass is 10.1. The fourth-order valence-corrected chi connectivity index (χ4v) is 4.51. The van der Waals surface area contributed by atoms with Crippen molar-refractivity contribution < 1.29 is 9.47 Å². The smallest absolute Gasteiger partial charge is 0.282 e. The molecule has 0 aliphatic heterocycles. The van der Waals surface area contributed by atoms with E-state index in [1.807, 2.05) is 50.2 Å². The summed E-state index contributed by atoms with van der Waals surface area (Å²) in [5.74, 6) is 1.79. The van der Waals surface area contributed by atoms with Crippen LogP contribution < -0.4 is 15.0 Å². The summed E-state index contributed by atoms with van der Waals surface area (Å²) >= 11 is 15.7. The van der Waals surface area contributed by atoms with Crippen molar-refractivity contribution >= 4 is 56.2 Å². The number of hydrogen-bond donors (Lipinski definition) is 0. The van der Waals surface area contributed by atoms with Gasteiger partial charge < -0.3 is 9.47 Å². The van der Waals surface area contributed by atoms with Crippen LogP contribution in [-0.4, -0.2) is 22.5 Å². The lowest BCUT2D eigenvalue weighted by molar-refractivity contribution is 0.269. The summed E-state index contributed by atoms with van der Waals surface area (Å²) in [5, 5.41) is 6.14. The minimum atomic E-state index is -0.220. The minimum Gasteiger partial charge on any atom is -0.490 e. The number of fused-ring (bicyclic) bond motifs is 1. The van der Waals surface area contributed by atoms with Gasteiger partial charge in [-0.25, -0.2) is 4.98 Å². The first-order chi connectivity index (χ1) is 17.8. The van der Waals surface area contributed by atoms with Crippen LogP contribution in [0.3, 0.4) is 0 Å². The Bertz CT molecular complexity index is 1520. The van der Waals surface area contributed by atoms with Gasteiger partial charge in [-0.15, -0.1) is 0 Å². The van der Waals surface area contributed by atoms with E-state index in [1.165, 1.54) is 4.68 Å². The Balaban J connectivity index is 1.66. The van der Waals surface area contributed by atoms with Crippen LogP contribution in [0.15, 0.2) is 69.0 Å². The second kappa shape index (κ2) is 12.1. The first kappa shape index (κ1) is 27.2. The molecule has 1 aromatic heterocycles. The first-order valence-corrected chi connectivity index (χ1v) is 13.5. The molecule has 0 unspecified atom stereocenters. The number of hydrogen-bond acceptors (Lipinski definition) is 5. The number of rotatable bonds is 9. The molecule has 0 radical (unpaired) electrons. The molecule has 4 aromatic rings. The van der Waals surface area contributed by atoms with E-state index in [4.69, 9.17) is 37.7 Å². The van der Waals surface area contributed by atoms with Gasteiger partial charge in [0.05, 0.1) is 23.7 Å². The number of halogens is 3. The molecule has 3 aromatic carbocycles. The highest BCUT2D eigenvalue weighted by molar-refractivity contribution is 9.10. The normalized spacial score (nSPS) is 12.3. The highest BCUT2D eigenvalue weighted by atomic mass is 79.9. The van der Waals surface area contributed by atoms with Crippen LogP contribution in [0.25, 0.3) is 10.9 Å². The van der Waals surface area contributed by atoms with Crippen molar-refractivity contribution in [2.45, 2.75) is 39.7 Å². The van der Waals surface area contributed by atoms with Crippen LogP contribution in [0.4, 0.5) is 0 Å². The quantitative estimate of drug-likeness (QED) is 0.183. The third-order valence-corrected chi connectivity index (χ3v) is 6.95. The predicted octanol–water partition coefficient (Wildman–Crippen LogP) is 7.84. The average molecular weight is 603 g/mol. The molecule has 6 nitrogen and oxygen atoms in total. The van der Waals surface area contributed by atoms with Gasteiger partial charge in [0.1, 0.15) is 12.4 Å². The van der Waals surface area contributed by atoms with Crippen LogP contribution in [0.2, 0.25) is 10.0 Å². The van der Waals surface area contributed by atoms with Gasteiger partial charge in [-0.1, -0.05) is 59.0 Å². The molecule has 9 heteroatoms. The van der Waals surface area contributed by atoms with Crippen molar-refractivity contribution in [1.29, 1.82) is 0 Å². The Morgan fingerprint density at radius 1 is 1.05 bits per heavy atom. The largest absolute Gasteiger partial charge is 0.490 e. The molecule has 0 bridgehead atoms. The topological polar surface area (TPSA) is 65.7 Å². The van der Waals surface area contributed by atoms with Gasteiger partial charge in [-0.3, -0.25) is 4.79 Å². The number of ether oxygens (including phenoxy) is 2. The summed E-state index contributed by atoms with van der Waals surface area (Å²) in [6.07, 6.45) is 2.45. The minimum absolute atomic E-state index is 0.0485. The van der Waals surface area contributed by atoms with E-state index in [9.17, 15) is 4.79 Å². The van der Waals surface area contributed by atoms with Gasteiger partial charge in [0.15, 0.2) is 11.5 Å². The molecule has 4 rings (SSSR count). The molecule has 0 aliphatic rings. The summed E-state index contributed by atoms with van der Waals surface area (Å²) in [4.78, 5) is 18.1. The van der Waals surface area contributed by atoms with Gasteiger partial charge in [0.2, 0.25) is 0 Å². The fourth-order valence-electron chi connectivity index (χ4n) is 3.69. The third-order valence-electron chi connectivity index (χ3n) is 5.87. The maximum atomic E-state index is 13.4. The zero-order valence-electron chi connectivity index (χ0n) is 20.7. The molecule has 0 saturated carbocycles. The molecular weight excluding hydrogens is 577 g/mol. The van der Waals surface area contributed by atoms with E-state index in [2.05, 4.69) is 28.0 Å². The van der Waals surface area contributed by atoms with E-state index >= 15 is 0 Å². The van der Waals surface area contributed by atoms with Crippen molar-refractivity contribution in [1.82, 2.24) is 9.66 Å². The van der Waals surface area contributed by atoms with Crippen LogP contribution in [-0.2, 0) is 6.61 Å². The van der Waals surface area contributed by atoms with Gasteiger partial charge in [-0.05, 0) is 67.4 Å². The standard InChI is InChI=1S/C28H26BrCl2N3O3/c1-4-17(3)27-33-24-10-8-20(29)13-22(24)28(35)34(27)32-15-18-6-11-25(26(12-18)36-5-2)37-16-19-7-9-21(30)14-23(19)31/h6-15,17H,4-5,16H2,1-3H3/t17-/m0/s1. The van der Waals surface area contributed by atoms with E-state index in [1.54, 1.807) is 24.4 Å². The summed E-state index contributed by atoms with van der Waals surface area (Å²) in [6.45, 7) is 6.71. The van der Waals surface area contributed by atoms with Gasteiger partial charge in [0.25, 0.3) is 5.56 Å². The van der Waals surface area contributed by atoms with Crippen molar-refractivity contribution in [2.24, 2.45) is 5.10 Å². The molecule has 0 fully saturated rings. The molecule has 0 amide bonds. The molecule has 37 heavy (non-hydrogen) atoms. The lowest BCUT2D eigenvalue weighted by Gasteiger charge is -2.14. The zero-order valence-corrected chi connectivity index (χ0v) is 23.8. The van der Waals surface area contributed by atoms with Crippen molar-refractivity contribution in [3.05, 3.63) is 96.4 Å². The summed E-state index contributed by atoms with van der Waals surface area (Å²) in [5.41, 5.74) is 1.99. The summed E-state index contributed by atoms with van der Waals surface area (Å²) in [6, 6.07) is 16.2. The van der Waals surface area contributed by atoms with E-state index in [0.29, 0.717) is 44.9 Å². The Labute approximate surface area is 234 Å². The number of aromatic nitrogens is 2. The van der Waals surface area contributed by atoms with E-state index in [0.717, 1.165) is 22.0 Å². The lowest BCUT2D eigenvalue weighted by Crippen LogP contribution is -2.23. The second-order valence-corrected chi connectivity index (χ2v) is 10.2. The van der Waals surface area contributed by atoms with Gasteiger partial charge in [0, 0.05) is 26.0 Å². The Morgan fingerprint density at radius 3 is 2.59 bits per heavy atom. The second-order valence-electron chi connectivity index (χ2n) is 8.47. The maximum absolute atomic E-state index is 13.4. The molecule has 1 heterocycles. The molecule has 1 atom stereocenters. The molecular formula is C28H26BrCl2N3O3. The Kier molecular flexibility index (Phi) is 8.90. The average Bonchev–Trinajstić information content (AvgIpc) is 2.88. The first-order valence-electron chi connectivity index (χ1n) is 11.9. The highest BCUT2D eigenvalue weighted by Gasteiger charge is 2.16.